The molecule has 4 rings (SSSR count). The first-order valence-electron chi connectivity index (χ1n) is 6.74. The molecule has 0 aliphatic heterocycles. The number of rotatable bonds is 1. The molecule has 0 saturated carbocycles. The van der Waals surface area contributed by atoms with E-state index in [4.69, 9.17) is 4.98 Å². The standard InChI is InChI=1S/C16H13N3S/c1-20-15-10-5-4-8-13(10)19-14-7-3-2-6-12(14)18-16(19)11(15)9-17/h2-3,6-7H,4-5,8H2,1H3. The van der Waals surface area contributed by atoms with E-state index < -0.39 is 0 Å². The molecule has 0 spiro atoms. The van der Waals surface area contributed by atoms with Crippen molar-refractivity contribution in [3.05, 3.63) is 41.1 Å². The number of nitriles is 1. The molecule has 0 unspecified atom stereocenters. The zero-order chi connectivity index (χ0) is 13.7. The molecule has 0 N–H and O–H groups in total. The van der Waals surface area contributed by atoms with Crippen molar-refractivity contribution in [1.29, 1.82) is 5.26 Å². The number of hydrogen-bond acceptors (Lipinski definition) is 3. The van der Waals surface area contributed by atoms with Crippen LogP contribution in [0.4, 0.5) is 0 Å². The molecule has 0 fully saturated rings. The topological polar surface area (TPSA) is 41.1 Å². The normalized spacial score (nSPS) is 13.8. The van der Waals surface area contributed by atoms with Crippen LogP contribution in [-0.2, 0) is 12.8 Å². The average molecular weight is 279 g/mol. The third-order valence-corrected chi connectivity index (χ3v) is 4.92. The van der Waals surface area contributed by atoms with Crippen LogP contribution in [0.5, 0.6) is 0 Å². The highest BCUT2D eigenvalue weighted by molar-refractivity contribution is 7.98. The van der Waals surface area contributed by atoms with Crippen LogP contribution >= 0.6 is 11.8 Å². The van der Waals surface area contributed by atoms with Gasteiger partial charge in [-0.05, 0) is 43.2 Å². The summed E-state index contributed by atoms with van der Waals surface area (Å²) in [6.07, 6.45) is 5.36. The first kappa shape index (κ1) is 11.8. The van der Waals surface area contributed by atoms with Crippen molar-refractivity contribution in [2.45, 2.75) is 24.2 Å². The van der Waals surface area contributed by atoms with Gasteiger partial charge in [0.05, 0.1) is 11.0 Å². The van der Waals surface area contributed by atoms with Gasteiger partial charge in [0.25, 0.3) is 0 Å². The van der Waals surface area contributed by atoms with Gasteiger partial charge in [-0.25, -0.2) is 4.98 Å². The lowest BCUT2D eigenvalue weighted by molar-refractivity contribution is 0.891. The van der Waals surface area contributed by atoms with E-state index in [0.29, 0.717) is 0 Å². The molecule has 20 heavy (non-hydrogen) atoms. The Labute approximate surface area is 121 Å². The van der Waals surface area contributed by atoms with Crippen LogP contribution in [0.25, 0.3) is 16.7 Å². The van der Waals surface area contributed by atoms with Gasteiger partial charge in [0.2, 0.25) is 0 Å². The van der Waals surface area contributed by atoms with Crippen molar-refractivity contribution >= 4 is 28.4 Å². The molecule has 3 nitrogen and oxygen atoms in total. The minimum atomic E-state index is 0.731. The Morgan fingerprint density at radius 1 is 1.30 bits per heavy atom. The summed E-state index contributed by atoms with van der Waals surface area (Å²) in [6.45, 7) is 0. The van der Waals surface area contributed by atoms with Gasteiger partial charge in [-0.15, -0.1) is 11.8 Å². The Balaban J connectivity index is 2.30. The van der Waals surface area contributed by atoms with Crippen LogP contribution in [0.2, 0.25) is 0 Å². The van der Waals surface area contributed by atoms with Gasteiger partial charge in [-0.3, -0.25) is 4.40 Å². The third-order valence-electron chi connectivity index (χ3n) is 4.06. The average Bonchev–Trinajstić information content (AvgIpc) is 3.09. The number of imidazole rings is 1. The van der Waals surface area contributed by atoms with E-state index in [-0.39, 0.29) is 0 Å². The Morgan fingerprint density at radius 2 is 2.15 bits per heavy atom. The van der Waals surface area contributed by atoms with E-state index in [1.54, 1.807) is 11.8 Å². The van der Waals surface area contributed by atoms with Crippen LogP contribution < -0.4 is 0 Å². The maximum absolute atomic E-state index is 9.59. The zero-order valence-corrected chi connectivity index (χ0v) is 12.0. The van der Waals surface area contributed by atoms with E-state index in [2.05, 4.69) is 16.5 Å². The molecule has 2 aromatic heterocycles. The number of para-hydroxylation sites is 2. The number of nitrogens with zero attached hydrogens (tertiary/aromatic N) is 3. The van der Waals surface area contributed by atoms with Gasteiger partial charge in [-0.1, -0.05) is 12.1 Å². The number of hydrogen-bond donors (Lipinski definition) is 0. The van der Waals surface area contributed by atoms with Crippen molar-refractivity contribution in [1.82, 2.24) is 9.38 Å². The van der Waals surface area contributed by atoms with E-state index >= 15 is 0 Å². The second kappa shape index (κ2) is 4.26. The number of aromatic nitrogens is 2. The van der Waals surface area contributed by atoms with Gasteiger partial charge in [0.15, 0.2) is 5.65 Å². The van der Waals surface area contributed by atoms with Gasteiger partial charge in [0, 0.05) is 10.6 Å². The van der Waals surface area contributed by atoms with Gasteiger partial charge in [-0.2, -0.15) is 5.26 Å². The number of thioether (sulfide) groups is 1. The fourth-order valence-corrected chi connectivity index (χ4v) is 4.07. The largest absolute Gasteiger partial charge is 0.295 e. The SMILES string of the molecule is CSc1c2c(n3c(nc4ccccc43)c1C#N)CCC2. The molecule has 0 amide bonds. The minimum Gasteiger partial charge on any atom is -0.295 e. The second-order valence-corrected chi connectivity index (χ2v) is 5.87. The minimum absolute atomic E-state index is 0.731. The molecule has 2 heterocycles. The molecule has 98 valence electrons. The molecule has 0 radical (unpaired) electrons. The van der Waals surface area contributed by atoms with E-state index in [9.17, 15) is 5.26 Å². The molecule has 1 aliphatic carbocycles. The lowest BCUT2D eigenvalue weighted by Crippen LogP contribution is -2.02. The summed E-state index contributed by atoms with van der Waals surface area (Å²) < 4.78 is 2.20. The highest BCUT2D eigenvalue weighted by atomic mass is 32.2. The summed E-state index contributed by atoms with van der Waals surface area (Å²) in [5, 5.41) is 9.59. The summed E-state index contributed by atoms with van der Waals surface area (Å²) >= 11 is 1.67. The number of fused-ring (bicyclic) bond motifs is 5. The Morgan fingerprint density at radius 3 is 2.95 bits per heavy atom. The fraction of sp³-hybridized carbons (Fsp3) is 0.250. The molecule has 1 aliphatic rings. The monoisotopic (exact) mass is 279 g/mol. The Hall–Kier alpha value is -1.99. The number of pyridine rings is 1. The predicted molar refractivity (Wildman–Crippen MR) is 81.2 cm³/mol. The van der Waals surface area contributed by atoms with Crippen LogP contribution in [0.1, 0.15) is 23.2 Å². The lowest BCUT2D eigenvalue weighted by Gasteiger charge is -2.11. The summed E-state index contributed by atoms with van der Waals surface area (Å²) in [7, 11) is 0. The molecule has 1 aromatic carbocycles. The molecule has 0 atom stereocenters. The summed E-state index contributed by atoms with van der Waals surface area (Å²) in [6, 6.07) is 10.5. The first-order chi connectivity index (χ1) is 9.85. The van der Waals surface area contributed by atoms with Crippen LogP contribution in [0, 0.1) is 11.3 Å². The predicted octanol–water partition coefficient (Wildman–Crippen LogP) is 3.57. The molecule has 0 bridgehead atoms. The van der Waals surface area contributed by atoms with Crippen molar-refractivity contribution in [3.63, 3.8) is 0 Å². The molecule has 3 aromatic rings. The van der Waals surface area contributed by atoms with Crippen LogP contribution in [-0.4, -0.2) is 15.6 Å². The van der Waals surface area contributed by atoms with Gasteiger partial charge in [0.1, 0.15) is 11.6 Å². The van der Waals surface area contributed by atoms with Crippen LogP contribution in [0.3, 0.4) is 0 Å². The highest BCUT2D eigenvalue weighted by Gasteiger charge is 2.24. The maximum atomic E-state index is 9.59. The Kier molecular flexibility index (Phi) is 2.51. The lowest BCUT2D eigenvalue weighted by atomic mass is 10.1. The quantitative estimate of drug-likeness (QED) is 0.639. The second-order valence-electron chi connectivity index (χ2n) is 5.06. The first-order valence-corrected chi connectivity index (χ1v) is 7.96. The Bertz CT molecular complexity index is 886. The molecular formula is C16H13N3S. The highest BCUT2D eigenvalue weighted by Crippen LogP contribution is 2.37. The van der Waals surface area contributed by atoms with Crippen molar-refractivity contribution in [2.24, 2.45) is 0 Å². The third kappa shape index (κ3) is 1.39. The van der Waals surface area contributed by atoms with Gasteiger partial charge >= 0.3 is 0 Å². The fourth-order valence-electron chi connectivity index (χ4n) is 3.26. The summed E-state index contributed by atoms with van der Waals surface area (Å²) in [4.78, 5) is 5.83. The van der Waals surface area contributed by atoms with Crippen molar-refractivity contribution in [3.8, 4) is 6.07 Å². The van der Waals surface area contributed by atoms with E-state index in [1.807, 2.05) is 24.5 Å². The number of benzene rings is 1. The van der Waals surface area contributed by atoms with Crippen LogP contribution in [0.15, 0.2) is 29.2 Å². The maximum Gasteiger partial charge on any atom is 0.157 e. The summed E-state index contributed by atoms with van der Waals surface area (Å²) in [5.41, 5.74) is 6.33. The number of aryl methyl sites for hydroxylation is 1. The smallest absolute Gasteiger partial charge is 0.157 e. The van der Waals surface area contributed by atoms with Crippen molar-refractivity contribution < 1.29 is 0 Å². The van der Waals surface area contributed by atoms with E-state index in [1.165, 1.54) is 17.7 Å². The van der Waals surface area contributed by atoms with E-state index in [0.717, 1.165) is 40.0 Å². The van der Waals surface area contributed by atoms with Crippen molar-refractivity contribution in [2.75, 3.05) is 6.26 Å². The molecule has 0 saturated heterocycles. The summed E-state index contributed by atoms with van der Waals surface area (Å²) in [5.74, 6) is 0. The zero-order valence-electron chi connectivity index (χ0n) is 11.2. The molecular weight excluding hydrogens is 266 g/mol. The molecule has 4 heteroatoms. The van der Waals surface area contributed by atoms with Gasteiger partial charge < -0.3 is 0 Å².